The molecule has 0 aliphatic carbocycles. The second-order valence-electron chi connectivity index (χ2n) is 6.08. The van der Waals surface area contributed by atoms with Crippen LogP contribution in [0.5, 0.6) is 0 Å². The van der Waals surface area contributed by atoms with E-state index in [4.69, 9.17) is 5.73 Å². The van der Waals surface area contributed by atoms with E-state index < -0.39 is 29.6 Å². The minimum atomic E-state index is -4.44. The molecule has 2 rings (SSSR count). The molecule has 0 saturated carbocycles. The van der Waals surface area contributed by atoms with Crippen molar-refractivity contribution in [2.24, 2.45) is 5.73 Å². The number of amides is 2. The molecule has 10 heteroatoms. The number of benzene rings is 1. The van der Waals surface area contributed by atoms with Gasteiger partial charge in [-0.25, -0.2) is 4.98 Å². The Labute approximate surface area is 158 Å². The van der Waals surface area contributed by atoms with Crippen LogP contribution in [0.15, 0.2) is 23.4 Å². The van der Waals surface area contributed by atoms with Crippen LogP contribution in [0.2, 0.25) is 0 Å². The molecule has 2 amide bonds. The van der Waals surface area contributed by atoms with Gasteiger partial charge in [0.1, 0.15) is 6.04 Å². The molecule has 1 atom stereocenters. The van der Waals surface area contributed by atoms with E-state index in [1.165, 1.54) is 13.0 Å². The van der Waals surface area contributed by atoms with Crippen LogP contribution in [0.4, 0.5) is 13.2 Å². The molecule has 0 aliphatic rings. The SMILES string of the molecule is CCCCn1c(SCC(=O)NC(C)C(N)=O)nc2cc(C(F)(F)F)ccc21. The first-order chi connectivity index (χ1) is 12.6. The number of alkyl halides is 3. The highest BCUT2D eigenvalue weighted by molar-refractivity contribution is 7.99. The number of aromatic nitrogens is 2. The molecule has 0 spiro atoms. The van der Waals surface area contributed by atoms with E-state index >= 15 is 0 Å². The van der Waals surface area contributed by atoms with Crippen LogP contribution in [0.3, 0.4) is 0 Å². The first kappa shape index (κ1) is 21.1. The van der Waals surface area contributed by atoms with Crippen molar-refractivity contribution >= 4 is 34.6 Å². The van der Waals surface area contributed by atoms with Gasteiger partial charge in [0.15, 0.2) is 5.16 Å². The van der Waals surface area contributed by atoms with Gasteiger partial charge in [0.05, 0.1) is 22.3 Å². The molecule has 27 heavy (non-hydrogen) atoms. The lowest BCUT2D eigenvalue weighted by Crippen LogP contribution is -2.42. The van der Waals surface area contributed by atoms with E-state index in [0.29, 0.717) is 17.2 Å². The second kappa shape index (κ2) is 8.64. The smallest absolute Gasteiger partial charge is 0.368 e. The normalized spacial score (nSPS) is 12.9. The first-order valence-corrected chi connectivity index (χ1v) is 9.41. The third-order valence-corrected chi connectivity index (χ3v) is 4.89. The number of nitrogens with one attached hydrogen (secondary N) is 1. The van der Waals surface area contributed by atoms with E-state index in [1.807, 2.05) is 11.5 Å². The molecule has 148 valence electrons. The van der Waals surface area contributed by atoms with Crippen molar-refractivity contribution in [3.05, 3.63) is 23.8 Å². The van der Waals surface area contributed by atoms with Crippen molar-refractivity contribution in [3.8, 4) is 0 Å². The molecule has 1 unspecified atom stereocenters. The van der Waals surface area contributed by atoms with Gasteiger partial charge in [-0.2, -0.15) is 13.2 Å². The number of aryl methyl sites for hydroxylation is 1. The largest absolute Gasteiger partial charge is 0.416 e. The standard InChI is InChI=1S/C17H21F3N4O2S/c1-3-4-7-24-13-6-5-11(17(18,19)20)8-12(13)23-16(24)27-9-14(25)22-10(2)15(21)26/h5-6,8,10H,3-4,7,9H2,1-2H3,(H2,21,26)(H,22,25). The number of nitrogens with zero attached hydrogens (tertiary/aromatic N) is 2. The molecule has 0 radical (unpaired) electrons. The molecule has 1 aromatic carbocycles. The Kier molecular flexibility index (Phi) is 6.74. The monoisotopic (exact) mass is 402 g/mol. The fraction of sp³-hybridized carbons (Fsp3) is 0.471. The molecule has 0 fully saturated rings. The molecule has 0 aliphatic heterocycles. The summed E-state index contributed by atoms with van der Waals surface area (Å²) >= 11 is 1.10. The Hall–Kier alpha value is -2.23. The highest BCUT2D eigenvalue weighted by Gasteiger charge is 2.31. The number of thioether (sulfide) groups is 1. The summed E-state index contributed by atoms with van der Waals surface area (Å²) in [4.78, 5) is 27.2. The molecule has 2 aromatic rings. The third kappa shape index (κ3) is 5.38. The van der Waals surface area contributed by atoms with Crippen LogP contribution in [-0.2, 0) is 22.3 Å². The second-order valence-corrected chi connectivity index (χ2v) is 7.02. The van der Waals surface area contributed by atoms with Gasteiger partial charge in [-0.1, -0.05) is 25.1 Å². The molecule has 6 nitrogen and oxygen atoms in total. The Bertz CT molecular complexity index is 835. The zero-order valence-corrected chi connectivity index (χ0v) is 15.8. The molecule has 0 bridgehead atoms. The van der Waals surface area contributed by atoms with Crippen LogP contribution in [-0.4, -0.2) is 33.2 Å². The minimum absolute atomic E-state index is 0.0286. The summed E-state index contributed by atoms with van der Waals surface area (Å²) in [7, 11) is 0. The molecular weight excluding hydrogens is 381 g/mol. The average Bonchev–Trinajstić information content (AvgIpc) is 2.93. The van der Waals surface area contributed by atoms with Crippen LogP contribution in [0, 0.1) is 0 Å². The maximum absolute atomic E-state index is 12.9. The zero-order valence-electron chi connectivity index (χ0n) is 15.0. The number of hydrogen-bond donors (Lipinski definition) is 2. The van der Waals surface area contributed by atoms with Gasteiger partial charge in [-0.3, -0.25) is 9.59 Å². The lowest BCUT2D eigenvalue weighted by Gasteiger charge is -2.11. The summed E-state index contributed by atoms with van der Waals surface area (Å²) in [6.45, 7) is 4.06. The number of imidazole rings is 1. The van der Waals surface area contributed by atoms with Gasteiger partial charge >= 0.3 is 6.18 Å². The number of hydrogen-bond acceptors (Lipinski definition) is 4. The number of carbonyl (C=O) groups excluding carboxylic acids is 2. The van der Waals surface area contributed by atoms with Crippen molar-refractivity contribution < 1.29 is 22.8 Å². The van der Waals surface area contributed by atoms with E-state index in [2.05, 4.69) is 10.3 Å². The van der Waals surface area contributed by atoms with Crippen LogP contribution in [0.25, 0.3) is 11.0 Å². The molecule has 0 saturated heterocycles. The van der Waals surface area contributed by atoms with Crippen molar-refractivity contribution in [2.75, 3.05) is 5.75 Å². The highest BCUT2D eigenvalue weighted by Crippen LogP contribution is 2.33. The molecule has 3 N–H and O–H groups in total. The number of carbonyl (C=O) groups is 2. The van der Waals surface area contributed by atoms with E-state index in [9.17, 15) is 22.8 Å². The Morgan fingerprint density at radius 1 is 1.37 bits per heavy atom. The van der Waals surface area contributed by atoms with Crippen LogP contribution < -0.4 is 11.1 Å². The zero-order chi connectivity index (χ0) is 20.2. The quantitative estimate of drug-likeness (QED) is 0.665. The minimum Gasteiger partial charge on any atom is -0.368 e. The Balaban J connectivity index is 2.25. The number of halogens is 3. The maximum atomic E-state index is 12.9. The van der Waals surface area contributed by atoms with Crippen molar-refractivity contribution in [2.45, 2.75) is 50.6 Å². The third-order valence-electron chi connectivity index (χ3n) is 3.91. The Morgan fingerprint density at radius 2 is 2.07 bits per heavy atom. The molecule has 1 aromatic heterocycles. The molecule has 1 heterocycles. The maximum Gasteiger partial charge on any atom is 0.416 e. The summed E-state index contributed by atoms with van der Waals surface area (Å²) in [6, 6.07) is 2.64. The van der Waals surface area contributed by atoms with E-state index in [1.54, 1.807) is 0 Å². The first-order valence-electron chi connectivity index (χ1n) is 8.42. The lowest BCUT2D eigenvalue weighted by molar-refractivity contribution is -0.137. The summed E-state index contributed by atoms with van der Waals surface area (Å²) in [6.07, 6.45) is -2.72. The topological polar surface area (TPSA) is 90.0 Å². The summed E-state index contributed by atoms with van der Waals surface area (Å²) in [5.41, 5.74) is 5.16. The van der Waals surface area contributed by atoms with E-state index in [-0.39, 0.29) is 11.3 Å². The summed E-state index contributed by atoms with van der Waals surface area (Å²) in [5.74, 6) is -1.08. The van der Waals surface area contributed by atoms with Gasteiger partial charge in [-0.05, 0) is 31.5 Å². The predicted molar refractivity (Wildman–Crippen MR) is 97.2 cm³/mol. The number of nitrogens with two attached hydrogens (primary N) is 1. The lowest BCUT2D eigenvalue weighted by atomic mass is 10.2. The van der Waals surface area contributed by atoms with Gasteiger partial charge in [0.2, 0.25) is 11.8 Å². The number of rotatable bonds is 8. The van der Waals surface area contributed by atoms with Crippen molar-refractivity contribution in [1.82, 2.24) is 14.9 Å². The van der Waals surface area contributed by atoms with Crippen molar-refractivity contribution in [3.63, 3.8) is 0 Å². The summed E-state index contributed by atoms with van der Waals surface area (Å²) < 4.78 is 40.6. The van der Waals surface area contributed by atoms with Crippen LogP contribution in [0.1, 0.15) is 32.3 Å². The van der Waals surface area contributed by atoms with Gasteiger partial charge in [-0.15, -0.1) is 0 Å². The number of primary amides is 1. The molecular formula is C17H21F3N4O2S. The predicted octanol–water partition coefficient (Wildman–Crippen LogP) is 2.94. The Morgan fingerprint density at radius 3 is 2.67 bits per heavy atom. The highest BCUT2D eigenvalue weighted by atomic mass is 32.2. The summed E-state index contributed by atoms with van der Waals surface area (Å²) in [5, 5.41) is 2.91. The number of unbranched alkanes of at least 4 members (excludes halogenated alkanes) is 1. The van der Waals surface area contributed by atoms with E-state index in [0.717, 1.165) is 36.7 Å². The fourth-order valence-electron chi connectivity index (χ4n) is 2.41. The van der Waals surface area contributed by atoms with Crippen molar-refractivity contribution in [1.29, 1.82) is 0 Å². The van der Waals surface area contributed by atoms with Gasteiger partial charge in [0.25, 0.3) is 0 Å². The van der Waals surface area contributed by atoms with Gasteiger partial charge < -0.3 is 15.6 Å². The van der Waals surface area contributed by atoms with Crippen LogP contribution >= 0.6 is 11.8 Å². The fourth-order valence-corrected chi connectivity index (χ4v) is 3.26. The number of fused-ring (bicyclic) bond motifs is 1. The average molecular weight is 402 g/mol. The van der Waals surface area contributed by atoms with Gasteiger partial charge in [0, 0.05) is 6.54 Å².